The number of hydrogen-bond acceptors (Lipinski definition) is 7. The summed E-state index contributed by atoms with van der Waals surface area (Å²) in [5.74, 6) is 0.813. The average molecular weight is 441 g/mol. The predicted octanol–water partition coefficient (Wildman–Crippen LogP) is 4.50. The molecule has 0 unspecified atom stereocenters. The van der Waals surface area contributed by atoms with Crippen LogP contribution in [-0.4, -0.2) is 49.3 Å². The summed E-state index contributed by atoms with van der Waals surface area (Å²) >= 11 is 1.28. The molecule has 8 heteroatoms. The molecule has 0 N–H and O–H groups in total. The lowest BCUT2D eigenvalue weighted by molar-refractivity contribution is -0.121. The number of likely N-dealkylation sites (N-methyl/N-ethyl adjacent to an activating group) is 1. The van der Waals surface area contributed by atoms with Gasteiger partial charge in [0.2, 0.25) is 0 Å². The molecule has 1 heterocycles. The number of carbonyl (C=O) groups excluding carboxylic acids is 2. The van der Waals surface area contributed by atoms with Gasteiger partial charge in [-0.05, 0) is 68.1 Å². The molecule has 2 aromatic rings. The van der Waals surface area contributed by atoms with Crippen molar-refractivity contribution in [2.75, 3.05) is 27.4 Å². The fraction of sp³-hybridized carbons (Fsp3) is 0.261. The second-order valence-corrected chi connectivity index (χ2v) is 7.48. The van der Waals surface area contributed by atoms with E-state index in [4.69, 9.17) is 14.2 Å². The van der Waals surface area contributed by atoms with Crippen LogP contribution < -0.4 is 9.47 Å². The number of thioether (sulfide) groups is 1. The van der Waals surface area contributed by atoms with Crippen molar-refractivity contribution >= 4 is 40.6 Å². The zero-order valence-electron chi connectivity index (χ0n) is 17.9. The number of ether oxygens (including phenoxy) is 3. The van der Waals surface area contributed by atoms with Crippen molar-refractivity contribution in [3.05, 3.63) is 58.5 Å². The second kappa shape index (κ2) is 10.2. The van der Waals surface area contributed by atoms with Crippen LogP contribution in [0.2, 0.25) is 0 Å². The number of hydrogen-bond donors (Lipinski definition) is 0. The van der Waals surface area contributed by atoms with E-state index in [0.717, 1.165) is 5.56 Å². The molecule has 3 rings (SSSR count). The predicted molar refractivity (Wildman–Crippen MR) is 122 cm³/mol. The molecule has 0 bridgehead atoms. The van der Waals surface area contributed by atoms with Gasteiger partial charge in [0.1, 0.15) is 11.5 Å². The summed E-state index contributed by atoms with van der Waals surface area (Å²) in [6.07, 6.45) is 1.80. The first-order chi connectivity index (χ1) is 15.0. The first kappa shape index (κ1) is 22.4. The molecule has 1 amide bonds. The van der Waals surface area contributed by atoms with Gasteiger partial charge in [-0.25, -0.2) is 9.79 Å². The Bertz CT molecular complexity index is 1030. The Kier molecular flexibility index (Phi) is 7.36. The van der Waals surface area contributed by atoms with Gasteiger partial charge in [-0.3, -0.25) is 9.69 Å². The summed E-state index contributed by atoms with van der Waals surface area (Å²) in [7, 11) is 3.01. The molecule has 0 radical (unpaired) electrons. The lowest BCUT2D eigenvalue weighted by atomic mass is 10.1. The highest BCUT2D eigenvalue weighted by Crippen LogP contribution is 2.35. The maximum atomic E-state index is 12.8. The largest absolute Gasteiger partial charge is 0.494 e. The highest BCUT2D eigenvalue weighted by atomic mass is 32.2. The van der Waals surface area contributed by atoms with Crippen LogP contribution in [0.1, 0.15) is 29.8 Å². The molecular formula is C23H24N2O5S. The summed E-state index contributed by atoms with van der Waals surface area (Å²) < 4.78 is 16.0. The number of amides is 1. The number of carbonyl (C=O) groups is 2. The Morgan fingerprint density at radius 2 is 1.81 bits per heavy atom. The molecule has 0 saturated carbocycles. The third kappa shape index (κ3) is 5.27. The van der Waals surface area contributed by atoms with Crippen molar-refractivity contribution < 1.29 is 23.8 Å². The smallest absolute Gasteiger partial charge is 0.337 e. The standard InChI is InChI=1S/C23H24N2O5S/c1-5-29-18-12-9-16(19(14-18)30-6-2)13-20-21(26)25(3)23(31-20)24-17-10-7-15(8-11-17)22(27)28-4/h7-14H,5-6H2,1-4H3/b20-13+,24-23?. The van der Waals surface area contributed by atoms with E-state index < -0.39 is 5.97 Å². The van der Waals surface area contributed by atoms with E-state index in [1.807, 2.05) is 32.0 Å². The van der Waals surface area contributed by atoms with Crippen molar-refractivity contribution in [2.45, 2.75) is 13.8 Å². The van der Waals surface area contributed by atoms with Gasteiger partial charge in [-0.15, -0.1) is 0 Å². The fourth-order valence-electron chi connectivity index (χ4n) is 2.86. The summed E-state index contributed by atoms with van der Waals surface area (Å²) in [6.45, 7) is 4.89. The number of aliphatic imine (C=N–C) groups is 1. The highest BCUT2D eigenvalue weighted by molar-refractivity contribution is 8.18. The number of esters is 1. The van der Waals surface area contributed by atoms with Gasteiger partial charge in [-0.1, -0.05) is 0 Å². The molecule has 0 aromatic heterocycles. The van der Waals surface area contributed by atoms with Crippen LogP contribution in [0, 0.1) is 0 Å². The van der Waals surface area contributed by atoms with Crippen LogP contribution in [0.5, 0.6) is 11.5 Å². The third-order valence-electron chi connectivity index (χ3n) is 4.40. The first-order valence-electron chi connectivity index (χ1n) is 9.81. The monoisotopic (exact) mass is 440 g/mol. The van der Waals surface area contributed by atoms with Crippen LogP contribution in [0.3, 0.4) is 0 Å². The highest BCUT2D eigenvalue weighted by Gasteiger charge is 2.30. The minimum atomic E-state index is -0.410. The zero-order valence-corrected chi connectivity index (χ0v) is 18.7. The SMILES string of the molecule is CCOc1ccc(/C=C2/SC(=Nc3ccc(C(=O)OC)cc3)N(C)C2=O)c(OCC)c1. The maximum absolute atomic E-state index is 12.8. The van der Waals surface area contributed by atoms with Gasteiger partial charge >= 0.3 is 5.97 Å². The van der Waals surface area contributed by atoms with E-state index in [9.17, 15) is 9.59 Å². The number of benzene rings is 2. The van der Waals surface area contributed by atoms with Crippen molar-refractivity contribution in [3.63, 3.8) is 0 Å². The summed E-state index contributed by atoms with van der Waals surface area (Å²) in [6, 6.07) is 12.2. The fourth-order valence-corrected chi connectivity index (χ4v) is 3.84. The molecule has 7 nitrogen and oxygen atoms in total. The lowest BCUT2D eigenvalue weighted by Gasteiger charge is -2.10. The number of amidine groups is 1. The minimum Gasteiger partial charge on any atom is -0.494 e. The van der Waals surface area contributed by atoms with E-state index in [2.05, 4.69) is 4.99 Å². The minimum absolute atomic E-state index is 0.147. The summed E-state index contributed by atoms with van der Waals surface area (Å²) in [5.41, 5.74) is 1.86. The van der Waals surface area contributed by atoms with Crippen LogP contribution in [0.15, 0.2) is 52.4 Å². The number of nitrogens with zero attached hydrogens (tertiary/aromatic N) is 2. The molecule has 0 atom stereocenters. The van der Waals surface area contributed by atoms with Crippen molar-refractivity contribution in [3.8, 4) is 11.5 Å². The van der Waals surface area contributed by atoms with E-state index in [-0.39, 0.29) is 5.91 Å². The molecule has 0 spiro atoms. The molecule has 31 heavy (non-hydrogen) atoms. The van der Waals surface area contributed by atoms with Gasteiger partial charge in [0.05, 0.1) is 36.5 Å². The lowest BCUT2D eigenvalue weighted by Crippen LogP contribution is -2.23. The molecule has 162 valence electrons. The maximum Gasteiger partial charge on any atom is 0.337 e. The van der Waals surface area contributed by atoms with E-state index >= 15 is 0 Å². The topological polar surface area (TPSA) is 77.4 Å². The summed E-state index contributed by atoms with van der Waals surface area (Å²) in [5, 5.41) is 0.547. The zero-order chi connectivity index (χ0) is 22.4. The van der Waals surface area contributed by atoms with Crippen molar-refractivity contribution in [1.29, 1.82) is 0 Å². The molecule has 1 aliphatic heterocycles. The Morgan fingerprint density at radius 3 is 2.45 bits per heavy atom. The van der Waals surface area contributed by atoms with Crippen molar-refractivity contribution in [2.24, 2.45) is 4.99 Å². The van der Waals surface area contributed by atoms with Gasteiger partial charge < -0.3 is 14.2 Å². The average Bonchev–Trinajstić information content (AvgIpc) is 3.03. The molecule has 2 aromatic carbocycles. The van der Waals surface area contributed by atoms with Gasteiger partial charge in [-0.2, -0.15) is 0 Å². The van der Waals surface area contributed by atoms with Crippen LogP contribution >= 0.6 is 11.8 Å². The summed E-state index contributed by atoms with van der Waals surface area (Å²) in [4.78, 5) is 30.9. The second-order valence-electron chi connectivity index (χ2n) is 6.47. The normalized spacial score (nSPS) is 16.1. The van der Waals surface area contributed by atoms with E-state index in [1.54, 1.807) is 37.4 Å². The Morgan fingerprint density at radius 1 is 1.10 bits per heavy atom. The first-order valence-corrected chi connectivity index (χ1v) is 10.6. The van der Waals surface area contributed by atoms with Crippen LogP contribution in [-0.2, 0) is 9.53 Å². The third-order valence-corrected chi connectivity index (χ3v) is 5.46. The molecule has 1 aliphatic rings. The van der Waals surface area contributed by atoms with E-state index in [1.165, 1.54) is 23.8 Å². The number of methoxy groups -OCH3 is 1. The van der Waals surface area contributed by atoms with E-state index in [0.29, 0.717) is 46.0 Å². The van der Waals surface area contributed by atoms with Gasteiger partial charge in [0.25, 0.3) is 5.91 Å². The van der Waals surface area contributed by atoms with Crippen LogP contribution in [0.25, 0.3) is 6.08 Å². The Labute approximate surface area is 185 Å². The van der Waals surface area contributed by atoms with Crippen molar-refractivity contribution in [1.82, 2.24) is 4.90 Å². The Balaban J connectivity index is 1.86. The van der Waals surface area contributed by atoms with Crippen LogP contribution in [0.4, 0.5) is 5.69 Å². The molecule has 1 fully saturated rings. The Hall–Kier alpha value is -3.26. The molecule has 1 saturated heterocycles. The molecular weight excluding hydrogens is 416 g/mol. The van der Waals surface area contributed by atoms with Gasteiger partial charge in [0, 0.05) is 18.7 Å². The molecule has 0 aliphatic carbocycles. The number of rotatable bonds is 7. The quantitative estimate of drug-likeness (QED) is 0.466. The van der Waals surface area contributed by atoms with Gasteiger partial charge in [0.15, 0.2) is 5.17 Å².